The summed E-state index contributed by atoms with van der Waals surface area (Å²) in [5, 5.41) is 4.05. The Labute approximate surface area is 118 Å². The summed E-state index contributed by atoms with van der Waals surface area (Å²) < 4.78 is 23.0. The lowest BCUT2D eigenvalue weighted by Crippen LogP contribution is -2.41. The highest BCUT2D eigenvalue weighted by Gasteiger charge is 2.33. The molecule has 1 amide bonds. The van der Waals surface area contributed by atoms with Crippen molar-refractivity contribution >= 4 is 27.1 Å². The molecule has 2 rings (SSSR count). The van der Waals surface area contributed by atoms with Gasteiger partial charge in [0, 0.05) is 19.0 Å². The fourth-order valence-electron chi connectivity index (χ4n) is 2.49. The second kappa shape index (κ2) is 6.05. The third kappa shape index (κ3) is 3.79. The Morgan fingerprint density at radius 3 is 2.84 bits per heavy atom. The highest BCUT2D eigenvalue weighted by molar-refractivity contribution is 7.91. The molecule has 0 N–H and O–H groups in total. The van der Waals surface area contributed by atoms with Gasteiger partial charge in [0.15, 0.2) is 9.84 Å². The van der Waals surface area contributed by atoms with Crippen LogP contribution in [0.1, 0.15) is 25.3 Å². The van der Waals surface area contributed by atoms with Gasteiger partial charge in [-0.3, -0.25) is 4.79 Å². The quantitative estimate of drug-likeness (QED) is 0.832. The summed E-state index contributed by atoms with van der Waals surface area (Å²) in [7, 11) is -2.93. The molecule has 1 saturated heterocycles. The first-order valence-electron chi connectivity index (χ1n) is 6.53. The monoisotopic (exact) mass is 301 g/mol. The summed E-state index contributed by atoms with van der Waals surface area (Å²) in [6, 6.07) is 1.90. The van der Waals surface area contributed by atoms with Gasteiger partial charge in [0.05, 0.1) is 11.5 Å². The van der Waals surface area contributed by atoms with Gasteiger partial charge in [-0.2, -0.15) is 11.3 Å². The molecule has 1 aromatic rings. The normalized spacial score (nSPS) is 21.4. The molecule has 0 radical (unpaired) electrons. The maximum Gasteiger partial charge on any atom is 0.223 e. The predicted molar refractivity (Wildman–Crippen MR) is 77.1 cm³/mol. The first-order valence-corrected chi connectivity index (χ1v) is 9.29. The summed E-state index contributed by atoms with van der Waals surface area (Å²) in [6.45, 7) is 2.50. The number of hydrogen-bond acceptors (Lipinski definition) is 4. The van der Waals surface area contributed by atoms with E-state index in [1.165, 1.54) is 5.56 Å². The van der Waals surface area contributed by atoms with Gasteiger partial charge in [-0.25, -0.2) is 8.42 Å². The third-order valence-corrected chi connectivity index (χ3v) is 6.00. The van der Waals surface area contributed by atoms with Crippen LogP contribution in [-0.2, 0) is 21.1 Å². The molecule has 0 saturated carbocycles. The third-order valence-electron chi connectivity index (χ3n) is 3.52. The molecule has 19 heavy (non-hydrogen) atoms. The molecule has 4 nitrogen and oxygen atoms in total. The average Bonchev–Trinajstić information content (AvgIpc) is 2.97. The van der Waals surface area contributed by atoms with Gasteiger partial charge in [0.25, 0.3) is 0 Å². The van der Waals surface area contributed by atoms with Crippen molar-refractivity contribution in [1.29, 1.82) is 0 Å². The Kier molecular flexibility index (Phi) is 4.62. The van der Waals surface area contributed by atoms with Crippen molar-refractivity contribution in [3.63, 3.8) is 0 Å². The molecular weight excluding hydrogens is 282 g/mol. The highest BCUT2D eigenvalue weighted by atomic mass is 32.2. The second-order valence-corrected chi connectivity index (χ2v) is 7.88. The van der Waals surface area contributed by atoms with Gasteiger partial charge in [-0.15, -0.1) is 0 Å². The van der Waals surface area contributed by atoms with E-state index < -0.39 is 9.84 Å². The molecule has 0 spiro atoms. The average molecular weight is 301 g/mol. The Balaban J connectivity index is 1.92. The molecule has 1 aliphatic heterocycles. The fraction of sp³-hybridized carbons (Fsp3) is 0.615. The van der Waals surface area contributed by atoms with Crippen LogP contribution in [0.15, 0.2) is 16.8 Å². The summed E-state index contributed by atoms with van der Waals surface area (Å²) >= 11 is 1.63. The summed E-state index contributed by atoms with van der Waals surface area (Å²) in [6.07, 6.45) is 1.78. The number of carbonyl (C=O) groups is 1. The van der Waals surface area contributed by atoms with E-state index in [0.29, 0.717) is 19.4 Å². The largest absolute Gasteiger partial charge is 0.339 e. The number of aryl methyl sites for hydroxylation is 1. The molecule has 1 aliphatic rings. The first-order chi connectivity index (χ1) is 9.02. The van der Waals surface area contributed by atoms with Gasteiger partial charge in [0.1, 0.15) is 0 Å². The lowest BCUT2D eigenvalue weighted by Gasteiger charge is -2.26. The van der Waals surface area contributed by atoms with Crippen LogP contribution in [0.4, 0.5) is 0 Å². The maximum absolute atomic E-state index is 12.2. The van der Waals surface area contributed by atoms with E-state index in [9.17, 15) is 13.2 Å². The second-order valence-electron chi connectivity index (χ2n) is 4.87. The molecule has 1 unspecified atom stereocenters. The topological polar surface area (TPSA) is 54.5 Å². The number of amides is 1. The molecule has 106 valence electrons. The number of rotatable bonds is 5. The molecule has 0 aromatic carbocycles. The van der Waals surface area contributed by atoms with Crippen LogP contribution >= 0.6 is 11.3 Å². The molecule has 1 atom stereocenters. The molecule has 1 aromatic heterocycles. The van der Waals surface area contributed by atoms with E-state index in [4.69, 9.17) is 0 Å². The van der Waals surface area contributed by atoms with Crippen molar-refractivity contribution in [2.45, 2.75) is 32.2 Å². The zero-order chi connectivity index (χ0) is 13.9. The van der Waals surface area contributed by atoms with Crippen molar-refractivity contribution in [3.8, 4) is 0 Å². The zero-order valence-electron chi connectivity index (χ0n) is 11.0. The van der Waals surface area contributed by atoms with E-state index in [0.717, 1.165) is 6.42 Å². The van der Waals surface area contributed by atoms with Gasteiger partial charge < -0.3 is 4.90 Å². The van der Waals surface area contributed by atoms with Gasteiger partial charge in [-0.1, -0.05) is 0 Å². The van der Waals surface area contributed by atoms with E-state index in [2.05, 4.69) is 0 Å². The maximum atomic E-state index is 12.2. The molecule has 0 bridgehead atoms. The van der Waals surface area contributed by atoms with Crippen LogP contribution in [-0.4, -0.2) is 43.3 Å². The number of hydrogen-bond donors (Lipinski definition) is 0. The highest BCUT2D eigenvalue weighted by Crippen LogP contribution is 2.19. The van der Waals surface area contributed by atoms with E-state index in [-0.39, 0.29) is 23.5 Å². The molecule has 1 fully saturated rings. The summed E-state index contributed by atoms with van der Waals surface area (Å²) in [4.78, 5) is 13.9. The van der Waals surface area contributed by atoms with Crippen molar-refractivity contribution in [1.82, 2.24) is 4.90 Å². The standard InChI is InChI=1S/C13H19NO3S2/c1-2-14(12-6-8-19(16,17)10-12)13(15)4-3-11-5-7-18-9-11/h5,7,9,12H,2-4,6,8,10H2,1H3. The number of nitrogens with zero attached hydrogens (tertiary/aromatic N) is 1. The smallest absolute Gasteiger partial charge is 0.223 e. The van der Waals surface area contributed by atoms with E-state index in [1.807, 2.05) is 23.8 Å². The number of sulfone groups is 1. The number of thiophene rings is 1. The van der Waals surface area contributed by atoms with Gasteiger partial charge >= 0.3 is 0 Å². The Morgan fingerprint density at radius 1 is 1.53 bits per heavy atom. The minimum absolute atomic E-state index is 0.0656. The van der Waals surface area contributed by atoms with Crippen molar-refractivity contribution in [2.75, 3.05) is 18.1 Å². The first kappa shape index (κ1) is 14.5. The van der Waals surface area contributed by atoms with Crippen LogP contribution in [0.2, 0.25) is 0 Å². The summed E-state index contributed by atoms with van der Waals surface area (Å²) in [5.74, 6) is 0.410. The van der Waals surface area contributed by atoms with E-state index in [1.54, 1.807) is 16.2 Å². The lowest BCUT2D eigenvalue weighted by atomic mass is 10.1. The van der Waals surface area contributed by atoms with Gasteiger partial charge in [0.2, 0.25) is 5.91 Å². The predicted octanol–water partition coefficient (Wildman–Crippen LogP) is 1.72. The van der Waals surface area contributed by atoms with Crippen molar-refractivity contribution in [3.05, 3.63) is 22.4 Å². The lowest BCUT2D eigenvalue weighted by molar-refractivity contribution is -0.132. The van der Waals surface area contributed by atoms with Crippen molar-refractivity contribution in [2.24, 2.45) is 0 Å². The van der Waals surface area contributed by atoms with Crippen LogP contribution in [0.25, 0.3) is 0 Å². The van der Waals surface area contributed by atoms with Crippen LogP contribution in [0.3, 0.4) is 0 Å². The van der Waals surface area contributed by atoms with Crippen molar-refractivity contribution < 1.29 is 13.2 Å². The zero-order valence-corrected chi connectivity index (χ0v) is 12.7. The van der Waals surface area contributed by atoms with Gasteiger partial charge in [-0.05, 0) is 42.2 Å². The Hall–Kier alpha value is -0.880. The minimum atomic E-state index is -2.93. The number of carbonyl (C=O) groups excluding carboxylic acids is 1. The molecule has 0 aliphatic carbocycles. The van der Waals surface area contributed by atoms with Crippen LogP contribution in [0.5, 0.6) is 0 Å². The SMILES string of the molecule is CCN(C(=O)CCc1ccsc1)C1CCS(=O)(=O)C1. The van der Waals surface area contributed by atoms with Crippen LogP contribution in [0, 0.1) is 0 Å². The Bertz CT molecular complexity index is 522. The van der Waals surface area contributed by atoms with Crippen LogP contribution < -0.4 is 0 Å². The molecular formula is C13H19NO3S2. The fourth-order valence-corrected chi connectivity index (χ4v) is 4.92. The molecule has 2 heterocycles. The summed E-state index contributed by atoms with van der Waals surface area (Å²) in [5.41, 5.74) is 1.17. The Morgan fingerprint density at radius 2 is 2.32 bits per heavy atom. The molecule has 6 heteroatoms. The van der Waals surface area contributed by atoms with E-state index >= 15 is 0 Å². The minimum Gasteiger partial charge on any atom is -0.339 e.